The van der Waals surface area contributed by atoms with E-state index in [4.69, 9.17) is 17.3 Å². The zero-order chi connectivity index (χ0) is 19.6. The van der Waals surface area contributed by atoms with Crippen molar-refractivity contribution >= 4 is 28.4 Å². The van der Waals surface area contributed by atoms with Gasteiger partial charge in [-0.1, -0.05) is 43.4 Å². The van der Waals surface area contributed by atoms with Crippen molar-refractivity contribution < 1.29 is 4.79 Å². The van der Waals surface area contributed by atoms with Crippen LogP contribution in [0.3, 0.4) is 0 Å². The minimum absolute atomic E-state index is 0.179. The van der Waals surface area contributed by atoms with Crippen LogP contribution in [-0.2, 0) is 0 Å². The number of nitrogens with zero attached hydrogens (tertiary/aromatic N) is 3. The smallest absolute Gasteiger partial charge is 0.253 e. The second-order valence-electron chi connectivity index (χ2n) is 7.55. The molecule has 7 heteroatoms. The number of hydrogen-bond acceptors (Lipinski definition) is 4. The van der Waals surface area contributed by atoms with Crippen molar-refractivity contribution in [3.63, 3.8) is 0 Å². The summed E-state index contributed by atoms with van der Waals surface area (Å²) in [7, 11) is 0. The normalized spacial score (nSPS) is 16.6. The van der Waals surface area contributed by atoms with Crippen molar-refractivity contribution in [3.05, 3.63) is 53.4 Å². The Labute approximate surface area is 169 Å². The molecule has 2 heterocycles. The number of halogens is 1. The van der Waals surface area contributed by atoms with Crippen LogP contribution in [0.1, 0.15) is 48.9 Å². The van der Waals surface area contributed by atoms with E-state index in [1.54, 1.807) is 35.3 Å². The molecule has 0 saturated heterocycles. The largest absolute Gasteiger partial charge is 0.350 e. The highest BCUT2D eigenvalue weighted by molar-refractivity contribution is 6.37. The van der Waals surface area contributed by atoms with Crippen molar-refractivity contribution in [2.45, 2.75) is 44.1 Å². The fraction of sp³-hybridized carbons (Fsp3) is 0.381. The molecular weight excluding hydrogens is 374 g/mol. The first-order valence-electron chi connectivity index (χ1n) is 9.71. The van der Waals surface area contributed by atoms with Gasteiger partial charge in [0.1, 0.15) is 0 Å². The molecule has 0 aliphatic heterocycles. The first kappa shape index (κ1) is 18.9. The number of rotatable bonds is 4. The van der Waals surface area contributed by atoms with Crippen LogP contribution in [0, 0.1) is 0 Å². The molecule has 1 aromatic carbocycles. The minimum Gasteiger partial charge on any atom is -0.350 e. The zero-order valence-corrected chi connectivity index (χ0v) is 16.5. The third kappa shape index (κ3) is 3.75. The molecule has 2 aromatic heterocycles. The quantitative estimate of drug-likeness (QED) is 0.654. The monoisotopic (exact) mass is 397 g/mol. The van der Waals surface area contributed by atoms with Crippen LogP contribution in [0.2, 0.25) is 5.02 Å². The lowest BCUT2D eigenvalue weighted by atomic mass is 9.91. The fourth-order valence-corrected chi connectivity index (χ4v) is 4.23. The van der Waals surface area contributed by atoms with Crippen LogP contribution in [0.4, 0.5) is 0 Å². The van der Waals surface area contributed by atoms with E-state index < -0.39 is 0 Å². The maximum absolute atomic E-state index is 13.0. The molecule has 6 nitrogen and oxygen atoms in total. The lowest BCUT2D eigenvalue weighted by molar-refractivity contribution is 0.0942. The molecule has 0 unspecified atom stereocenters. The number of carbonyl (C=O) groups is 1. The lowest BCUT2D eigenvalue weighted by Crippen LogP contribution is -2.49. The summed E-state index contributed by atoms with van der Waals surface area (Å²) < 4.78 is 1.79. The maximum Gasteiger partial charge on any atom is 0.253 e. The van der Waals surface area contributed by atoms with E-state index >= 15 is 0 Å². The molecule has 1 aliphatic carbocycles. The molecule has 3 aromatic rings. The molecule has 146 valence electrons. The second kappa shape index (κ2) is 7.89. The predicted molar refractivity (Wildman–Crippen MR) is 111 cm³/mol. The van der Waals surface area contributed by atoms with Gasteiger partial charge in [0, 0.05) is 36.1 Å². The van der Waals surface area contributed by atoms with Crippen LogP contribution in [0.5, 0.6) is 0 Å². The zero-order valence-electron chi connectivity index (χ0n) is 15.7. The van der Waals surface area contributed by atoms with Gasteiger partial charge in [-0.2, -0.15) is 0 Å². The Morgan fingerprint density at radius 2 is 1.86 bits per heavy atom. The topological polar surface area (TPSA) is 85.8 Å². The van der Waals surface area contributed by atoms with Crippen LogP contribution in [0.25, 0.3) is 16.9 Å². The molecule has 1 saturated carbocycles. The summed E-state index contributed by atoms with van der Waals surface area (Å²) in [4.78, 5) is 21.6. The second-order valence-corrected chi connectivity index (χ2v) is 7.96. The van der Waals surface area contributed by atoms with E-state index in [1.165, 1.54) is 12.8 Å². The molecule has 3 N–H and O–H groups in total. The summed E-state index contributed by atoms with van der Waals surface area (Å²) in [6.07, 6.45) is 11.6. The first-order chi connectivity index (χ1) is 13.6. The SMILES string of the molecule is NC1(CNC(=O)c2cn(-c3ncccn3)c3cccc(Cl)c23)CCCCCC1. The number of nitrogens with one attached hydrogen (secondary N) is 1. The van der Waals surface area contributed by atoms with Gasteiger partial charge in [0.2, 0.25) is 5.95 Å². The van der Waals surface area contributed by atoms with Crippen molar-refractivity contribution in [2.24, 2.45) is 5.73 Å². The first-order valence-corrected chi connectivity index (χ1v) is 10.1. The standard InChI is InChI=1S/C21H24ClN5O/c22-16-7-5-8-17-18(16)15(13-27(17)20-24-11-6-12-25-20)19(28)26-14-21(23)9-3-1-2-4-10-21/h5-8,11-13H,1-4,9-10,14,23H2,(H,26,28). The Balaban J connectivity index is 1.65. The molecule has 0 radical (unpaired) electrons. The minimum atomic E-state index is -0.336. The van der Waals surface area contributed by atoms with Crippen LogP contribution in [0.15, 0.2) is 42.9 Å². The summed E-state index contributed by atoms with van der Waals surface area (Å²) in [5.41, 5.74) is 7.52. The molecular formula is C21H24ClN5O. The van der Waals surface area contributed by atoms with Gasteiger partial charge in [-0.3, -0.25) is 9.36 Å². The number of fused-ring (bicyclic) bond motifs is 1. The Kier molecular flexibility index (Phi) is 5.33. The third-order valence-electron chi connectivity index (χ3n) is 5.49. The number of benzene rings is 1. The van der Waals surface area contributed by atoms with Gasteiger partial charge >= 0.3 is 0 Å². The Hall–Kier alpha value is -2.44. The fourth-order valence-electron chi connectivity index (χ4n) is 3.96. The summed E-state index contributed by atoms with van der Waals surface area (Å²) in [5, 5.41) is 4.26. The van der Waals surface area contributed by atoms with Crippen molar-refractivity contribution in [2.75, 3.05) is 6.54 Å². The number of nitrogens with two attached hydrogens (primary N) is 1. The van der Waals surface area contributed by atoms with Gasteiger partial charge in [0.05, 0.1) is 16.1 Å². The van der Waals surface area contributed by atoms with Crippen molar-refractivity contribution in [3.8, 4) is 5.95 Å². The van der Waals surface area contributed by atoms with E-state index in [1.807, 2.05) is 12.1 Å². The molecule has 0 atom stereocenters. The summed E-state index contributed by atoms with van der Waals surface area (Å²) in [5.74, 6) is 0.315. The Bertz CT molecular complexity index is 977. The highest BCUT2D eigenvalue weighted by Crippen LogP contribution is 2.30. The molecule has 1 aliphatic rings. The van der Waals surface area contributed by atoms with Crippen LogP contribution < -0.4 is 11.1 Å². The highest BCUT2D eigenvalue weighted by Gasteiger charge is 2.28. The molecule has 1 fully saturated rings. The lowest BCUT2D eigenvalue weighted by Gasteiger charge is -2.28. The van der Waals surface area contributed by atoms with E-state index in [-0.39, 0.29) is 11.4 Å². The van der Waals surface area contributed by atoms with E-state index in [2.05, 4.69) is 15.3 Å². The van der Waals surface area contributed by atoms with Crippen molar-refractivity contribution in [1.82, 2.24) is 19.9 Å². The molecule has 0 spiro atoms. The number of hydrogen-bond donors (Lipinski definition) is 2. The molecule has 0 bridgehead atoms. The van der Waals surface area contributed by atoms with Gasteiger partial charge in [-0.15, -0.1) is 0 Å². The molecule has 1 amide bonds. The molecule has 28 heavy (non-hydrogen) atoms. The predicted octanol–water partition coefficient (Wildman–Crippen LogP) is 3.86. The average molecular weight is 398 g/mol. The van der Waals surface area contributed by atoms with Gasteiger partial charge < -0.3 is 11.1 Å². The summed E-state index contributed by atoms with van der Waals surface area (Å²) in [6.45, 7) is 0.463. The molecule has 4 rings (SSSR count). The van der Waals surface area contributed by atoms with Gasteiger partial charge in [-0.25, -0.2) is 9.97 Å². The van der Waals surface area contributed by atoms with Crippen LogP contribution >= 0.6 is 11.6 Å². The average Bonchev–Trinajstić information content (AvgIpc) is 2.98. The van der Waals surface area contributed by atoms with Gasteiger partial charge in [0.15, 0.2) is 0 Å². The van der Waals surface area contributed by atoms with E-state index in [0.717, 1.165) is 31.2 Å². The maximum atomic E-state index is 13.0. The highest BCUT2D eigenvalue weighted by atomic mass is 35.5. The van der Waals surface area contributed by atoms with Gasteiger partial charge in [-0.05, 0) is 31.0 Å². The number of aromatic nitrogens is 3. The Morgan fingerprint density at radius 1 is 1.14 bits per heavy atom. The number of amides is 1. The van der Waals surface area contributed by atoms with E-state index in [0.29, 0.717) is 28.5 Å². The van der Waals surface area contributed by atoms with E-state index in [9.17, 15) is 4.79 Å². The van der Waals surface area contributed by atoms with Crippen molar-refractivity contribution in [1.29, 1.82) is 0 Å². The van der Waals surface area contributed by atoms with Crippen LogP contribution in [-0.4, -0.2) is 32.5 Å². The third-order valence-corrected chi connectivity index (χ3v) is 5.81. The van der Waals surface area contributed by atoms with Gasteiger partial charge in [0.25, 0.3) is 5.91 Å². The summed E-state index contributed by atoms with van der Waals surface area (Å²) in [6, 6.07) is 7.30. The number of carbonyl (C=O) groups excluding carboxylic acids is 1. The Morgan fingerprint density at radius 3 is 2.57 bits per heavy atom. The summed E-state index contributed by atoms with van der Waals surface area (Å²) >= 11 is 6.45.